The van der Waals surface area contributed by atoms with Crippen molar-refractivity contribution in [3.05, 3.63) is 27.7 Å². The Balaban J connectivity index is 3.17. The quantitative estimate of drug-likeness (QED) is 0.773. The first-order valence-corrected chi connectivity index (χ1v) is 5.39. The highest BCUT2D eigenvalue weighted by molar-refractivity contribution is 9.10. The second kappa shape index (κ2) is 5.66. The van der Waals surface area contributed by atoms with E-state index in [0.717, 1.165) is 6.42 Å². The van der Waals surface area contributed by atoms with Gasteiger partial charge in [-0.05, 0) is 18.6 Å². The van der Waals surface area contributed by atoms with E-state index >= 15 is 0 Å². The number of benzene rings is 1. The average molecular weight is 271 g/mol. The molecular formula is C11H11BrO3. The maximum atomic E-state index is 10.8. The topological polar surface area (TPSA) is 43.4 Å². The Morgan fingerprint density at radius 1 is 1.27 bits per heavy atom. The molecular weight excluding hydrogens is 260 g/mol. The van der Waals surface area contributed by atoms with Crippen molar-refractivity contribution in [2.45, 2.75) is 13.3 Å². The van der Waals surface area contributed by atoms with E-state index in [0.29, 0.717) is 40.5 Å². The van der Waals surface area contributed by atoms with Gasteiger partial charge in [-0.25, -0.2) is 0 Å². The third-order valence-corrected chi connectivity index (χ3v) is 2.27. The van der Waals surface area contributed by atoms with Gasteiger partial charge in [0, 0.05) is 4.47 Å². The van der Waals surface area contributed by atoms with Gasteiger partial charge in [-0.1, -0.05) is 22.9 Å². The molecule has 0 unspecified atom stereocenters. The maximum Gasteiger partial charge on any atom is 0.153 e. The van der Waals surface area contributed by atoms with Crippen LogP contribution < -0.4 is 4.74 Å². The molecule has 0 heterocycles. The van der Waals surface area contributed by atoms with Gasteiger partial charge in [-0.3, -0.25) is 9.59 Å². The van der Waals surface area contributed by atoms with Gasteiger partial charge in [0.15, 0.2) is 12.6 Å². The Morgan fingerprint density at radius 3 is 2.20 bits per heavy atom. The van der Waals surface area contributed by atoms with Crippen LogP contribution in [-0.2, 0) is 0 Å². The predicted molar refractivity (Wildman–Crippen MR) is 60.7 cm³/mol. The summed E-state index contributed by atoms with van der Waals surface area (Å²) in [6.07, 6.45) is 2.19. The molecule has 4 heteroatoms. The molecule has 0 aliphatic carbocycles. The van der Waals surface area contributed by atoms with E-state index in [1.807, 2.05) is 6.92 Å². The zero-order valence-corrected chi connectivity index (χ0v) is 9.91. The van der Waals surface area contributed by atoms with Crippen molar-refractivity contribution in [3.8, 4) is 5.75 Å². The van der Waals surface area contributed by atoms with Crippen LogP contribution in [0.1, 0.15) is 34.1 Å². The number of ether oxygens (including phenoxy) is 1. The summed E-state index contributed by atoms with van der Waals surface area (Å²) in [5, 5.41) is 0. The summed E-state index contributed by atoms with van der Waals surface area (Å²) in [4.78, 5) is 21.6. The molecule has 0 fully saturated rings. The van der Waals surface area contributed by atoms with Gasteiger partial charge in [0.25, 0.3) is 0 Å². The molecule has 3 nitrogen and oxygen atoms in total. The normalized spacial score (nSPS) is 9.73. The van der Waals surface area contributed by atoms with Crippen LogP contribution in [0.5, 0.6) is 5.75 Å². The number of rotatable bonds is 5. The third kappa shape index (κ3) is 2.89. The van der Waals surface area contributed by atoms with E-state index in [1.165, 1.54) is 0 Å². The highest BCUT2D eigenvalue weighted by Gasteiger charge is 2.10. The first kappa shape index (κ1) is 11.9. The van der Waals surface area contributed by atoms with Crippen molar-refractivity contribution in [2.75, 3.05) is 6.61 Å². The number of carbonyl (C=O) groups is 2. The summed E-state index contributed by atoms with van der Waals surface area (Å²) in [6, 6.07) is 3.26. The molecule has 0 saturated heterocycles. The monoisotopic (exact) mass is 270 g/mol. The van der Waals surface area contributed by atoms with Crippen LogP contribution in [0.3, 0.4) is 0 Å². The first-order valence-electron chi connectivity index (χ1n) is 4.59. The molecule has 0 saturated carbocycles. The minimum Gasteiger partial charge on any atom is -0.492 e. The van der Waals surface area contributed by atoms with Crippen LogP contribution >= 0.6 is 15.9 Å². The summed E-state index contributed by atoms with van der Waals surface area (Å²) in [5.74, 6) is 0.366. The summed E-state index contributed by atoms with van der Waals surface area (Å²) in [7, 11) is 0. The minimum absolute atomic E-state index is 0.366. The van der Waals surface area contributed by atoms with Crippen molar-refractivity contribution in [2.24, 2.45) is 0 Å². The molecule has 0 aromatic heterocycles. The Kier molecular flexibility index (Phi) is 4.49. The largest absolute Gasteiger partial charge is 0.492 e. The Labute approximate surface area is 96.6 Å². The third-order valence-electron chi connectivity index (χ3n) is 1.82. The van der Waals surface area contributed by atoms with Crippen molar-refractivity contribution < 1.29 is 14.3 Å². The van der Waals surface area contributed by atoms with Gasteiger partial charge in [-0.15, -0.1) is 0 Å². The van der Waals surface area contributed by atoms with Crippen LogP contribution in [-0.4, -0.2) is 19.2 Å². The molecule has 1 aromatic rings. The summed E-state index contributed by atoms with van der Waals surface area (Å²) >= 11 is 3.22. The maximum absolute atomic E-state index is 10.8. The molecule has 80 valence electrons. The van der Waals surface area contributed by atoms with Crippen LogP contribution in [0.2, 0.25) is 0 Å². The second-order valence-electron chi connectivity index (χ2n) is 3.00. The fourth-order valence-electron chi connectivity index (χ4n) is 1.18. The standard InChI is InChI=1S/C11H11BrO3/c1-2-3-15-11-8(6-13)4-10(12)5-9(11)7-14/h4-7H,2-3H2,1H3. The molecule has 0 atom stereocenters. The van der Waals surface area contributed by atoms with Gasteiger partial charge in [0.1, 0.15) is 5.75 Å². The van der Waals surface area contributed by atoms with E-state index in [2.05, 4.69) is 15.9 Å². The van der Waals surface area contributed by atoms with Crippen molar-refractivity contribution in [1.82, 2.24) is 0 Å². The minimum atomic E-state index is 0.366. The van der Waals surface area contributed by atoms with E-state index in [1.54, 1.807) is 12.1 Å². The SMILES string of the molecule is CCCOc1c(C=O)cc(Br)cc1C=O. The molecule has 0 spiro atoms. The van der Waals surface area contributed by atoms with Crippen LogP contribution in [0.15, 0.2) is 16.6 Å². The smallest absolute Gasteiger partial charge is 0.153 e. The lowest BCUT2D eigenvalue weighted by Gasteiger charge is -2.10. The lowest BCUT2D eigenvalue weighted by Crippen LogP contribution is -2.02. The summed E-state index contributed by atoms with van der Waals surface area (Å²) in [6.45, 7) is 2.45. The first-order chi connectivity index (χ1) is 7.22. The lowest BCUT2D eigenvalue weighted by molar-refractivity contribution is 0.111. The van der Waals surface area contributed by atoms with Crippen LogP contribution in [0.4, 0.5) is 0 Å². The van der Waals surface area contributed by atoms with E-state index in [-0.39, 0.29) is 0 Å². The number of carbonyl (C=O) groups excluding carboxylic acids is 2. The Morgan fingerprint density at radius 2 is 1.80 bits per heavy atom. The molecule has 0 aliphatic rings. The zero-order valence-electron chi connectivity index (χ0n) is 8.33. The van der Waals surface area contributed by atoms with Gasteiger partial charge in [-0.2, -0.15) is 0 Å². The number of hydrogen-bond acceptors (Lipinski definition) is 3. The molecule has 1 rings (SSSR count). The second-order valence-corrected chi connectivity index (χ2v) is 3.91. The Hall–Kier alpha value is -1.16. The van der Waals surface area contributed by atoms with Crippen LogP contribution in [0, 0.1) is 0 Å². The summed E-state index contributed by atoms with van der Waals surface area (Å²) < 4.78 is 6.06. The Bertz CT molecular complexity index is 345. The molecule has 1 aromatic carbocycles. The fraction of sp³-hybridized carbons (Fsp3) is 0.273. The number of hydrogen-bond donors (Lipinski definition) is 0. The zero-order chi connectivity index (χ0) is 11.3. The average Bonchev–Trinajstić information content (AvgIpc) is 2.26. The molecule has 0 bridgehead atoms. The van der Waals surface area contributed by atoms with Crippen molar-refractivity contribution in [1.29, 1.82) is 0 Å². The molecule has 0 amide bonds. The highest BCUT2D eigenvalue weighted by Crippen LogP contribution is 2.26. The predicted octanol–water partition coefficient (Wildman–Crippen LogP) is 2.86. The van der Waals surface area contributed by atoms with Crippen LogP contribution in [0.25, 0.3) is 0 Å². The van der Waals surface area contributed by atoms with Gasteiger partial charge >= 0.3 is 0 Å². The van der Waals surface area contributed by atoms with E-state index < -0.39 is 0 Å². The van der Waals surface area contributed by atoms with Crippen molar-refractivity contribution >= 4 is 28.5 Å². The van der Waals surface area contributed by atoms with E-state index in [9.17, 15) is 9.59 Å². The summed E-state index contributed by atoms with van der Waals surface area (Å²) in [5.41, 5.74) is 0.778. The van der Waals surface area contributed by atoms with Crippen molar-refractivity contribution in [3.63, 3.8) is 0 Å². The molecule has 0 N–H and O–H groups in total. The van der Waals surface area contributed by atoms with Gasteiger partial charge in [0.2, 0.25) is 0 Å². The molecule has 0 aliphatic heterocycles. The number of halogens is 1. The van der Waals surface area contributed by atoms with Gasteiger partial charge < -0.3 is 4.74 Å². The van der Waals surface area contributed by atoms with Gasteiger partial charge in [0.05, 0.1) is 17.7 Å². The molecule has 15 heavy (non-hydrogen) atoms. The molecule has 0 radical (unpaired) electrons. The lowest BCUT2D eigenvalue weighted by atomic mass is 10.1. The highest BCUT2D eigenvalue weighted by atomic mass is 79.9. The number of aldehydes is 2. The fourth-order valence-corrected chi connectivity index (χ4v) is 1.68. The van der Waals surface area contributed by atoms with E-state index in [4.69, 9.17) is 4.74 Å².